The number of carbonyl (C=O) groups is 4. The van der Waals surface area contributed by atoms with Gasteiger partial charge in [-0.15, -0.1) is 0 Å². The van der Waals surface area contributed by atoms with Crippen molar-refractivity contribution in [1.29, 1.82) is 0 Å². The second-order valence-corrected chi connectivity index (χ2v) is 23.2. The van der Waals surface area contributed by atoms with Gasteiger partial charge in [0.1, 0.15) is 0 Å². The first-order valence-corrected chi connectivity index (χ1v) is 22.1. The predicted octanol–water partition coefficient (Wildman–Crippen LogP) is 6.73. The van der Waals surface area contributed by atoms with E-state index in [4.69, 9.17) is 0 Å². The number of rotatable bonds is 18. The molecule has 2 rings (SSSR count). The van der Waals surface area contributed by atoms with Crippen LogP contribution in [0.3, 0.4) is 0 Å². The van der Waals surface area contributed by atoms with E-state index in [0.29, 0.717) is 32.2 Å². The second kappa shape index (κ2) is 22.5. The molecule has 0 bridgehead atoms. The molecule has 0 unspecified atom stereocenters. The van der Waals surface area contributed by atoms with Crippen LogP contribution in [0, 0.1) is 11.8 Å². The molecule has 0 aliphatic heterocycles. The predicted molar refractivity (Wildman–Crippen MR) is 170 cm³/mol. The summed E-state index contributed by atoms with van der Waals surface area (Å²) in [5.41, 5.74) is 2.18. The summed E-state index contributed by atoms with van der Waals surface area (Å²) >= 11 is -2.66. The van der Waals surface area contributed by atoms with Crippen molar-refractivity contribution in [2.45, 2.75) is 72.6 Å². The van der Waals surface area contributed by atoms with Crippen LogP contribution in [0.15, 0.2) is 66.7 Å². The average molecular weight is 665 g/mol. The van der Waals surface area contributed by atoms with Crippen molar-refractivity contribution in [3.8, 4) is 11.8 Å². The van der Waals surface area contributed by atoms with Gasteiger partial charge in [0.15, 0.2) is 0 Å². The van der Waals surface area contributed by atoms with Crippen molar-refractivity contribution < 1.29 is 19.2 Å². The summed E-state index contributed by atoms with van der Waals surface area (Å²) in [6.45, 7) is 7.36. The third-order valence-corrected chi connectivity index (χ3v) is 22.9. The summed E-state index contributed by atoms with van der Waals surface area (Å²) in [5, 5.41) is 0. The van der Waals surface area contributed by atoms with Crippen molar-refractivity contribution in [2.75, 3.05) is 13.1 Å². The molecule has 0 aliphatic carbocycles. The molecule has 0 saturated carbocycles. The third kappa shape index (κ3) is 13.8. The molecule has 0 saturated heterocycles. The van der Waals surface area contributed by atoms with Gasteiger partial charge in [-0.3, -0.25) is 14.5 Å². The van der Waals surface area contributed by atoms with Gasteiger partial charge in [0.25, 0.3) is 0 Å². The van der Waals surface area contributed by atoms with E-state index in [1.807, 2.05) is 30.3 Å². The summed E-state index contributed by atoms with van der Waals surface area (Å²) in [6.07, 6.45) is 11.9. The Labute approximate surface area is 251 Å². The molecule has 7 heteroatoms. The third-order valence-electron chi connectivity index (χ3n) is 7.00. The molecule has 41 heavy (non-hydrogen) atoms. The number of benzene rings is 2. The molecular weight excluding hydrogens is 619 g/mol. The van der Waals surface area contributed by atoms with E-state index in [2.05, 4.69) is 69.0 Å². The summed E-state index contributed by atoms with van der Waals surface area (Å²) < 4.78 is 5.63. The quantitative estimate of drug-likeness (QED) is 0.101. The van der Waals surface area contributed by atoms with Gasteiger partial charge in [0.2, 0.25) is 12.8 Å². The number of hydrogen-bond acceptors (Lipinski definition) is 4. The van der Waals surface area contributed by atoms with E-state index in [0.717, 1.165) is 10.5 Å². The molecule has 0 spiro atoms. The monoisotopic (exact) mass is 666 g/mol. The van der Waals surface area contributed by atoms with Crippen LogP contribution in [-0.4, -0.2) is 66.9 Å². The topological polar surface area (TPSA) is 74.8 Å². The number of nitrogens with zero attached hydrogens (tertiary/aromatic N) is 2. The summed E-state index contributed by atoms with van der Waals surface area (Å²) in [7, 11) is 0. The number of amides is 4. The number of imide groups is 2. The Morgan fingerprint density at radius 2 is 1.15 bits per heavy atom. The van der Waals surface area contributed by atoms with Gasteiger partial charge in [0.05, 0.1) is 6.54 Å². The maximum absolute atomic E-state index is 11.1. The van der Waals surface area contributed by atoms with Crippen LogP contribution >= 0.6 is 0 Å². The fourth-order valence-corrected chi connectivity index (χ4v) is 21.7. The Hall–Kier alpha value is -3.18. The summed E-state index contributed by atoms with van der Waals surface area (Å²) in [5.74, 6) is 5.55. The summed E-state index contributed by atoms with van der Waals surface area (Å²) in [6, 6.07) is 20.1. The van der Waals surface area contributed by atoms with Gasteiger partial charge >= 0.3 is 170 Å². The van der Waals surface area contributed by atoms with Gasteiger partial charge in [0, 0.05) is 5.56 Å². The molecule has 0 aromatic heterocycles. The molecule has 0 aliphatic rings. The molecular formula is C34H46N2O4Sn. The standard InChI is InChI=1S/C11H10NO2.C11H9NO2.3C4H9.Sn/c2*13-9-12(10-14)8-4-7-11-5-2-1-3-6-11;3*1-3-4-2;/h1-6,9-10H,8H2;1-3,5-6,9-10H,8H2;3*1,3-4H2,2H3;. The van der Waals surface area contributed by atoms with Crippen LogP contribution in [0.2, 0.25) is 13.3 Å². The minimum atomic E-state index is -2.66. The Balaban J connectivity index is 0.000000502. The maximum atomic E-state index is 11.1. The zero-order chi connectivity index (χ0) is 30.2. The molecule has 4 amide bonds. The SMILES string of the molecule is CCC[CH2][Sn]([CH2]CCC)([CH2]CCC)/[C](=C/CN(C=O)C=O)c1ccccc1.O=CN(C=O)CC#Cc1ccccc1. The van der Waals surface area contributed by atoms with Gasteiger partial charge in [-0.05, 0) is 12.1 Å². The van der Waals surface area contributed by atoms with Crippen molar-refractivity contribution in [3.63, 3.8) is 0 Å². The van der Waals surface area contributed by atoms with Crippen LogP contribution in [-0.2, 0) is 19.2 Å². The van der Waals surface area contributed by atoms with Crippen molar-refractivity contribution >= 4 is 47.6 Å². The van der Waals surface area contributed by atoms with Crippen molar-refractivity contribution in [1.82, 2.24) is 9.80 Å². The fraction of sp³-hybridized carbons (Fsp3) is 0.412. The number of carbonyl (C=O) groups excluding carboxylic acids is 4. The first-order chi connectivity index (χ1) is 20.0. The Morgan fingerprint density at radius 3 is 1.59 bits per heavy atom. The Morgan fingerprint density at radius 1 is 0.683 bits per heavy atom. The van der Waals surface area contributed by atoms with Crippen LogP contribution in [0.1, 0.15) is 70.4 Å². The van der Waals surface area contributed by atoms with Gasteiger partial charge in [-0.1, -0.05) is 30.0 Å². The van der Waals surface area contributed by atoms with Crippen molar-refractivity contribution in [2.24, 2.45) is 0 Å². The van der Waals surface area contributed by atoms with E-state index in [9.17, 15) is 19.2 Å². The molecule has 0 atom stereocenters. The Bertz CT molecular complexity index is 1070. The number of hydrogen-bond donors (Lipinski definition) is 0. The molecule has 0 N–H and O–H groups in total. The van der Waals surface area contributed by atoms with E-state index in [-0.39, 0.29) is 6.54 Å². The van der Waals surface area contributed by atoms with Crippen LogP contribution in [0.25, 0.3) is 3.59 Å². The zero-order valence-electron chi connectivity index (χ0n) is 25.0. The average Bonchev–Trinajstić information content (AvgIpc) is 3.03. The molecule has 220 valence electrons. The molecule has 0 heterocycles. The second-order valence-electron chi connectivity index (χ2n) is 10.0. The van der Waals surface area contributed by atoms with E-state index in [1.54, 1.807) is 0 Å². The first kappa shape index (κ1) is 35.8. The van der Waals surface area contributed by atoms with Gasteiger partial charge < -0.3 is 0 Å². The van der Waals surface area contributed by atoms with Crippen LogP contribution < -0.4 is 0 Å². The zero-order valence-corrected chi connectivity index (χ0v) is 27.8. The first-order valence-electron chi connectivity index (χ1n) is 14.7. The largest absolute Gasteiger partial charge is 0.278 e. The summed E-state index contributed by atoms with van der Waals surface area (Å²) in [4.78, 5) is 44.8. The van der Waals surface area contributed by atoms with Crippen molar-refractivity contribution in [3.05, 3.63) is 77.9 Å². The Kier molecular flexibility index (Phi) is 19.7. The molecule has 0 radical (unpaired) electrons. The van der Waals surface area contributed by atoms with E-state index in [1.165, 1.54) is 65.9 Å². The normalized spacial score (nSPS) is 10.8. The molecule has 6 nitrogen and oxygen atoms in total. The maximum Gasteiger partial charge on any atom is 0.216 e. The number of unbranched alkanes of at least 4 members (excludes halogenated alkanes) is 3. The van der Waals surface area contributed by atoms with Crippen LogP contribution in [0.5, 0.6) is 0 Å². The smallest absolute Gasteiger partial charge is 0.216 e. The minimum Gasteiger partial charge on any atom is -0.278 e. The van der Waals surface area contributed by atoms with Gasteiger partial charge in [-0.25, -0.2) is 0 Å². The minimum absolute atomic E-state index is 0.127. The molecule has 2 aromatic carbocycles. The fourth-order valence-electron chi connectivity index (χ4n) is 4.74. The molecule has 0 fully saturated rings. The van der Waals surface area contributed by atoms with E-state index >= 15 is 0 Å². The van der Waals surface area contributed by atoms with Gasteiger partial charge in [-0.2, -0.15) is 0 Å². The van der Waals surface area contributed by atoms with E-state index < -0.39 is 18.4 Å². The molecule has 2 aromatic rings. The van der Waals surface area contributed by atoms with Crippen LogP contribution in [0.4, 0.5) is 0 Å².